The maximum Gasteiger partial charge on any atom is 0.234 e. The van der Waals surface area contributed by atoms with Crippen molar-refractivity contribution in [3.8, 4) is 0 Å². The molecule has 138 valence electrons. The van der Waals surface area contributed by atoms with Gasteiger partial charge >= 0.3 is 0 Å². The summed E-state index contributed by atoms with van der Waals surface area (Å²) in [6, 6.07) is 0.412. The van der Waals surface area contributed by atoms with Crippen LogP contribution in [0.4, 0.5) is 0 Å². The largest absolute Gasteiger partial charge is 0.352 e. The van der Waals surface area contributed by atoms with E-state index in [4.69, 9.17) is 0 Å². The molecular weight excluding hydrogens is 318 g/mol. The number of nitrogens with one attached hydrogen (secondary N) is 1. The third-order valence-electron chi connectivity index (χ3n) is 5.28. The minimum absolute atomic E-state index is 0.116. The van der Waals surface area contributed by atoms with E-state index >= 15 is 0 Å². The Kier molecular flexibility index (Phi) is 5.42. The first-order valence-corrected chi connectivity index (χ1v) is 9.22. The lowest BCUT2D eigenvalue weighted by Gasteiger charge is -2.34. The lowest BCUT2D eigenvalue weighted by molar-refractivity contribution is -0.133. The van der Waals surface area contributed by atoms with Gasteiger partial charge in [0.25, 0.3) is 0 Å². The molecule has 2 amide bonds. The van der Waals surface area contributed by atoms with Crippen LogP contribution in [-0.4, -0.2) is 70.2 Å². The summed E-state index contributed by atoms with van der Waals surface area (Å²) < 4.78 is 1.88. The van der Waals surface area contributed by atoms with Crippen LogP contribution in [0.5, 0.6) is 0 Å². The molecule has 0 spiro atoms. The second-order valence-corrected chi connectivity index (χ2v) is 7.27. The molecule has 7 heteroatoms. The van der Waals surface area contributed by atoms with Crippen LogP contribution in [0.3, 0.4) is 0 Å². The lowest BCUT2D eigenvalue weighted by Crippen LogP contribution is -2.51. The van der Waals surface area contributed by atoms with Crippen molar-refractivity contribution < 1.29 is 9.59 Å². The van der Waals surface area contributed by atoms with Gasteiger partial charge in [0.05, 0.1) is 12.2 Å². The van der Waals surface area contributed by atoms with Gasteiger partial charge in [-0.15, -0.1) is 0 Å². The number of nitrogens with zero attached hydrogens (tertiary/aromatic N) is 4. The van der Waals surface area contributed by atoms with Crippen molar-refractivity contribution >= 4 is 11.8 Å². The van der Waals surface area contributed by atoms with E-state index in [0.29, 0.717) is 32.1 Å². The highest BCUT2D eigenvalue weighted by Crippen LogP contribution is 2.18. The van der Waals surface area contributed by atoms with E-state index in [-0.39, 0.29) is 11.8 Å². The standard InChI is InChI=1S/C18H29N5O2/c1-13-16(14(2)21(3)20-13)6-7-18(25)23-10-8-22(9-11-23)12-17(24)19-15-4-5-15/h15H,4-12H2,1-3H3,(H,19,24). The van der Waals surface area contributed by atoms with Crippen LogP contribution in [0.1, 0.15) is 36.2 Å². The SMILES string of the molecule is Cc1nn(C)c(C)c1CCC(=O)N1CCN(CC(=O)NC2CC2)CC1. The molecule has 1 saturated carbocycles. The summed E-state index contributed by atoms with van der Waals surface area (Å²) in [6.07, 6.45) is 3.50. The zero-order chi connectivity index (χ0) is 18.0. The average molecular weight is 347 g/mol. The van der Waals surface area contributed by atoms with E-state index in [1.807, 2.05) is 30.5 Å². The Bertz CT molecular complexity index is 642. The minimum atomic E-state index is 0.116. The molecule has 1 N–H and O–H groups in total. The molecule has 7 nitrogen and oxygen atoms in total. The van der Waals surface area contributed by atoms with Gasteiger partial charge in [-0.3, -0.25) is 19.2 Å². The molecule has 1 aliphatic carbocycles. The number of rotatable bonds is 6. The lowest BCUT2D eigenvalue weighted by atomic mass is 10.1. The van der Waals surface area contributed by atoms with E-state index in [1.165, 1.54) is 5.56 Å². The number of aromatic nitrogens is 2. The fourth-order valence-corrected chi connectivity index (χ4v) is 3.43. The monoisotopic (exact) mass is 347 g/mol. The smallest absolute Gasteiger partial charge is 0.234 e. The van der Waals surface area contributed by atoms with Crippen molar-refractivity contribution in [1.29, 1.82) is 0 Å². The van der Waals surface area contributed by atoms with Gasteiger partial charge in [-0.05, 0) is 38.7 Å². The topological polar surface area (TPSA) is 70.5 Å². The predicted molar refractivity (Wildman–Crippen MR) is 95.2 cm³/mol. The molecule has 3 rings (SSSR count). The molecule has 0 aromatic carbocycles. The molecule has 1 aromatic heterocycles. The first-order chi connectivity index (χ1) is 11.9. The number of hydrogen-bond donors (Lipinski definition) is 1. The average Bonchev–Trinajstić information content (AvgIpc) is 3.34. The number of piperazine rings is 1. The van der Waals surface area contributed by atoms with Gasteiger partial charge in [0.15, 0.2) is 0 Å². The quantitative estimate of drug-likeness (QED) is 0.808. The molecule has 1 saturated heterocycles. The van der Waals surface area contributed by atoms with Crippen molar-refractivity contribution in [3.63, 3.8) is 0 Å². The summed E-state index contributed by atoms with van der Waals surface area (Å²) in [4.78, 5) is 28.4. The van der Waals surface area contributed by atoms with Crippen LogP contribution < -0.4 is 5.32 Å². The second-order valence-electron chi connectivity index (χ2n) is 7.27. The molecule has 25 heavy (non-hydrogen) atoms. The van der Waals surface area contributed by atoms with Crippen LogP contribution in [0.25, 0.3) is 0 Å². The summed E-state index contributed by atoms with van der Waals surface area (Å²) >= 11 is 0. The van der Waals surface area contributed by atoms with E-state index < -0.39 is 0 Å². The number of amides is 2. The van der Waals surface area contributed by atoms with Crippen LogP contribution >= 0.6 is 0 Å². The molecule has 0 atom stereocenters. The van der Waals surface area contributed by atoms with Crippen molar-refractivity contribution in [2.75, 3.05) is 32.7 Å². The Morgan fingerprint density at radius 1 is 1.16 bits per heavy atom. The molecule has 0 radical (unpaired) electrons. The van der Waals surface area contributed by atoms with E-state index in [0.717, 1.165) is 43.7 Å². The van der Waals surface area contributed by atoms with E-state index in [9.17, 15) is 9.59 Å². The summed E-state index contributed by atoms with van der Waals surface area (Å²) in [7, 11) is 1.94. The minimum Gasteiger partial charge on any atom is -0.352 e. The van der Waals surface area contributed by atoms with Gasteiger partial charge in [-0.2, -0.15) is 5.10 Å². The first-order valence-electron chi connectivity index (χ1n) is 9.22. The molecule has 0 bridgehead atoms. The van der Waals surface area contributed by atoms with Gasteiger partial charge in [0.1, 0.15) is 0 Å². The number of carbonyl (C=O) groups excluding carboxylic acids is 2. The summed E-state index contributed by atoms with van der Waals surface area (Å²) in [5, 5.41) is 7.43. The van der Waals surface area contributed by atoms with Gasteiger partial charge in [-0.25, -0.2) is 0 Å². The fourth-order valence-electron chi connectivity index (χ4n) is 3.43. The Morgan fingerprint density at radius 3 is 2.40 bits per heavy atom. The highest BCUT2D eigenvalue weighted by Gasteiger charge is 2.26. The summed E-state index contributed by atoms with van der Waals surface area (Å²) in [6.45, 7) is 7.46. The summed E-state index contributed by atoms with van der Waals surface area (Å²) in [5.74, 6) is 0.314. The van der Waals surface area contributed by atoms with Crippen LogP contribution in [-0.2, 0) is 23.1 Å². The molecule has 1 aliphatic heterocycles. The molecule has 0 unspecified atom stereocenters. The van der Waals surface area contributed by atoms with Crippen molar-refractivity contribution in [2.24, 2.45) is 7.05 Å². The van der Waals surface area contributed by atoms with E-state index in [2.05, 4.69) is 15.3 Å². The first kappa shape index (κ1) is 17.9. The third kappa shape index (κ3) is 4.60. The fraction of sp³-hybridized carbons (Fsp3) is 0.722. The van der Waals surface area contributed by atoms with Crippen molar-refractivity contribution in [3.05, 3.63) is 17.0 Å². The maximum atomic E-state index is 12.5. The van der Waals surface area contributed by atoms with Crippen LogP contribution in [0.2, 0.25) is 0 Å². The zero-order valence-corrected chi connectivity index (χ0v) is 15.5. The molecule has 2 aliphatic rings. The van der Waals surface area contributed by atoms with Gasteiger partial charge in [-0.1, -0.05) is 0 Å². The molecule has 2 heterocycles. The number of aryl methyl sites for hydroxylation is 2. The van der Waals surface area contributed by atoms with Gasteiger partial charge < -0.3 is 10.2 Å². The predicted octanol–water partition coefficient (Wildman–Crippen LogP) is 0.392. The summed E-state index contributed by atoms with van der Waals surface area (Å²) in [5.41, 5.74) is 3.34. The Balaban J connectivity index is 1.41. The number of hydrogen-bond acceptors (Lipinski definition) is 4. The Morgan fingerprint density at radius 2 is 1.84 bits per heavy atom. The third-order valence-corrected chi connectivity index (χ3v) is 5.28. The molecule has 1 aromatic rings. The number of carbonyl (C=O) groups is 2. The normalized spacial score (nSPS) is 18.4. The van der Waals surface area contributed by atoms with Crippen molar-refractivity contribution in [1.82, 2.24) is 24.9 Å². The molecule has 2 fully saturated rings. The molecular formula is C18H29N5O2. The maximum absolute atomic E-state index is 12.5. The Hall–Kier alpha value is -1.89. The van der Waals surface area contributed by atoms with Crippen LogP contribution in [0, 0.1) is 13.8 Å². The highest BCUT2D eigenvalue weighted by molar-refractivity contribution is 5.79. The van der Waals surface area contributed by atoms with Gasteiger partial charge in [0, 0.05) is 51.4 Å². The van der Waals surface area contributed by atoms with Gasteiger partial charge in [0.2, 0.25) is 11.8 Å². The van der Waals surface area contributed by atoms with Crippen molar-refractivity contribution in [2.45, 2.75) is 45.6 Å². The second kappa shape index (κ2) is 7.56. The highest BCUT2D eigenvalue weighted by atomic mass is 16.2. The Labute approximate surface area is 149 Å². The van der Waals surface area contributed by atoms with Crippen LogP contribution in [0.15, 0.2) is 0 Å². The van der Waals surface area contributed by atoms with E-state index in [1.54, 1.807) is 0 Å². The zero-order valence-electron chi connectivity index (χ0n) is 15.5.